The molecule has 0 spiro atoms. The van der Waals surface area contributed by atoms with Crippen LogP contribution in [0.4, 0.5) is 0 Å². The van der Waals surface area contributed by atoms with Gasteiger partial charge >= 0.3 is 0 Å². The van der Waals surface area contributed by atoms with Crippen molar-refractivity contribution in [2.24, 2.45) is 10.2 Å². The van der Waals surface area contributed by atoms with Crippen LogP contribution in [0.3, 0.4) is 0 Å². The third-order valence-corrected chi connectivity index (χ3v) is 3.14. The van der Waals surface area contributed by atoms with Crippen molar-refractivity contribution in [1.29, 1.82) is 0 Å². The molecule has 0 aliphatic carbocycles. The van der Waals surface area contributed by atoms with Crippen LogP contribution in [-0.4, -0.2) is 16.9 Å². The monoisotopic (exact) mass is 285 g/mol. The van der Waals surface area contributed by atoms with E-state index < -0.39 is 0 Å². The van der Waals surface area contributed by atoms with Crippen LogP contribution < -0.4 is 0 Å². The predicted molar refractivity (Wildman–Crippen MR) is 90.4 cm³/mol. The number of pyridine rings is 1. The summed E-state index contributed by atoms with van der Waals surface area (Å²) < 4.78 is 0. The number of hydrogen-bond acceptors (Lipinski definition) is 3. The lowest BCUT2D eigenvalue weighted by atomic mass is 10.0. The van der Waals surface area contributed by atoms with Crippen molar-refractivity contribution in [3.8, 4) is 0 Å². The van der Waals surface area contributed by atoms with Crippen LogP contribution in [0.5, 0.6) is 0 Å². The van der Waals surface area contributed by atoms with E-state index >= 15 is 0 Å². The van der Waals surface area contributed by atoms with Crippen LogP contribution in [0, 0.1) is 0 Å². The molecular formula is C19H15N3. The minimum Gasteiger partial charge on any atom is -0.264 e. The summed E-state index contributed by atoms with van der Waals surface area (Å²) >= 11 is 0. The zero-order valence-electron chi connectivity index (χ0n) is 12.0. The van der Waals surface area contributed by atoms with E-state index in [9.17, 15) is 0 Å². The van der Waals surface area contributed by atoms with Gasteiger partial charge in [-0.2, -0.15) is 5.10 Å². The van der Waals surface area contributed by atoms with Gasteiger partial charge in [0.25, 0.3) is 0 Å². The summed E-state index contributed by atoms with van der Waals surface area (Å²) in [6, 6.07) is 23.9. The number of aromatic nitrogens is 1. The predicted octanol–water partition coefficient (Wildman–Crippen LogP) is 3.95. The molecule has 0 unspecified atom stereocenters. The van der Waals surface area contributed by atoms with Gasteiger partial charge in [-0.05, 0) is 6.07 Å². The third-order valence-electron chi connectivity index (χ3n) is 3.14. The molecule has 1 aromatic heterocycles. The van der Waals surface area contributed by atoms with E-state index in [-0.39, 0.29) is 0 Å². The highest BCUT2D eigenvalue weighted by molar-refractivity contribution is 6.12. The molecule has 3 rings (SSSR count). The smallest absolute Gasteiger partial charge is 0.100 e. The summed E-state index contributed by atoms with van der Waals surface area (Å²) in [6.07, 6.45) is 5.20. The number of rotatable bonds is 4. The van der Waals surface area contributed by atoms with E-state index in [0.29, 0.717) is 0 Å². The van der Waals surface area contributed by atoms with Gasteiger partial charge in [-0.1, -0.05) is 66.7 Å². The van der Waals surface area contributed by atoms with Gasteiger partial charge in [0.2, 0.25) is 0 Å². The molecule has 3 aromatic rings. The zero-order valence-corrected chi connectivity index (χ0v) is 12.0. The highest BCUT2D eigenvalue weighted by Crippen LogP contribution is 2.11. The lowest BCUT2D eigenvalue weighted by molar-refractivity contribution is 1.24. The first-order valence-corrected chi connectivity index (χ1v) is 7.05. The molecule has 0 fully saturated rings. The third kappa shape index (κ3) is 3.52. The van der Waals surface area contributed by atoms with Gasteiger partial charge in [0.1, 0.15) is 5.71 Å². The summed E-state index contributed by atoms with van der Waals surface area (Å²) in [4.78, 5) is 4.06. The topological polar surface area (TPSA) is 37.6 Å². The van der Waals surface area contributed by atoms with Crippen molar-refractivity contribution in [3.63, 3.8) is 0 Å². The van der Waals surface area contributed by atoms with Gasteiger partial charge in [0, 0.05) is 29.1 Å². The Morgan fingerprint density at radius 3 is 1.95 bits per heavy atom. The van der Waals surface area contributed by atoms with E-state index in [4.69, 9.17) is 0 Å². The van der Waals surface area contributed by atoms with E-state index in [0.717, 1.165) is 22.4 Å². The Hall–Kier alpha value is -3.07. The summed E-state index contributed by atoms with van der Waals surface area (Å²) in [7, 11) is 0. The average molecular weight is 285 g/mol. The fourth-order valence-corrected chi connectivity index (χ4v) is 2.08. The molecule has 3 nitrogen and oxygen atoms in total. The normalized spacial score (nSPS) is 10.5. The van der Waals surface area contributed by atoms with Gasteiger partial charge in [0.05, 0.1) is 6.21 Å². The van der Waals surface area contributed by atoms with Crippen LogP contribution in [0.15, 0.2) is 95.4 Å². The van der Waals surface area contributed by atoms with Gasteiger partial charge < -0.3 is 0 Å². The molecule has 0 N–H and O–H groups in total. The molecule has 0 saturated heterocycles. The summed E-state index contributed by atoms with van der Waals surface area (Å²) in [5.74, 6) is 0. The van der Waals surface area contributed by atoms with Crippen molar-refractivity contribution in [1.82, 2.24) is 4.98 Å². The molecule has 0 bridgehead atoms. The molecule has 1 heterocycles. The van der Waals surface area contributed by atoms with Crippen molar-refractivity contribution < 1.29 is 0 Å². The Morgan fingerprint density at radius 1 is 0.773 bits per heavy atom. The van der Waals surface area contributed by atoms with E-state index in [1.165, 1.54) is 0 Å². The second-order valence-corrected chi connectivity index (χ2v) is 4.71. The molecule has 0 aliphatic rings. The number of nitrogens with zero attached hydrogens (tertiary/aromatic N) is 3. The van der Waals surface area contributed by atoms with Gasteiger partial charge in [0.15, 0.2) is 0 Å². The maximum atomic E-state index is 4.42. The fourth-order valence-electron chi connectivity index (χ4n) is 2.08. The zero-order chi connectivity index (χ0) is 15.0. The number of hydrogen-bond donors (Lipinski definition) is 0. The van der Waals surface area contributed by atoms with Gasteiger partial charge in [-0.25, -0.2) is 0 Å². The molecule has 0 radical (unpaired) electrons. The first-order valence-electron chi connectivity index (χ1n) is 7.05. The van der Waals surface area contributed by atoms with Crippen LogP contribution in [0.25, 0.3) is 0 Å². The molecule has 0 atom stereocenters. The number of benzene rings is 2. The highest BCUT2D eigenvalue weighted by Gasteiger charge is 2.05. The average Bonchev–Trinajstić information content (AvgIpc) is 2.61. The van der Waals surface area contributed by atoms with Crippen molar-refractivity contribution in [2.45, 2.75) is 0 Å². The van der Waals surface area contributed by atoms with Crippen molar-refractivity contribution >= 4 is 11.9 Å². The SMILES string of the molecule is C(=NN=C(c1ccccc1)c1ccccc1)c1cccnc1. The largest absolute Gasteiger partial charge is 0.264 e. The molecule has 0 amide bonds. The highest BCUT2D eigenvalue weighted by atomic mass is 15.2. The quantitative estimate of drug-likeness (QED) is 0.528. The Bertz CT molecular complexity index is 722. The maximum absolute atomic E-state index is 4.42. The van der Waals surface area contributed by atoms with Crippen LogP contribution in [0.2, 0.25) is 0 Å². The first kappa shape index (κ1) is 13.9. The van der Waals surface area contributed by atoms with Crippen LogP contribution in [-0.2, 0) is 0 Å². The van der Waals surface area contributed by atoms with Crippen molar-refractivity contribution in [3.05, 3.63) is 102 Å². The van der Waals surface area contributed by atoms with E-state index in [1.54, 1.807) is 18.6 Å². The Balaban J connectivity index is 1.96. The molecule has 0 saturated carbocycles. The lowest BCUT2D eigenvalue weighted by Gasteiger charge is -2.04. The summed E-state index contributed by atoms with van der Waals surface area (Å²) in [5.41, 5.74) is 3.85. The molecular weight excluding hydrogens is 270 g/mol. The van der Waals surface area contributed by atoms with Gasteiger partial charge in [-0.3, -0.25) is 4.98 Å². The molecule has 2 aromatic carbocycles. The second-order valence-electron chi connectivity index (χ2n) is 4.71. The van der Waals surface area contributed by atoms with E-state index in [1.807, 2.05) is 72.8 Å². The van der Waals surface area contributed by atoms with E-state index in [2.05, 4.69) is 15.2 Å². The van der Waals surface area contributed by atoms with Gasteiger partial charge in [-0.15, -0.1) is 5.10 Å². The van der Waals surface area contributed by atoms with Crippen LogP contribution in [0.1, 0.15) is 16.7 Å². The minimum absolute atomic E-state index is 0.848. The Morgan fingerprint density at radius 2 is 1.41 bits per heavy atom. The van der Waals surface area contributed by atoms with Crippen molar-refractivity contribution in [2.75, 3.05) is 0 Å². The Labute approximate surface area is 129 Å². The molecule has 3 heteroatoms. The van der Waals surface area contributed by atoms with Crippen LogP contribution >= 0.6 is 0 Å². The standard InChI is InChI=1S/C19H15N3/c1-3-9-17(10-4-1)19(18-11-5-2-6-12-18)22-21-15-16-8-7-13-20-14-16/h1-15H. The first-order chi connectivity index (χ1) is 10.9. The molecule has 22 heavy (non-hydrogen) atoms. The summed E-state index contributed by atoms with van der Waals surface area (Å²) in [5, 5.41) is 8.64. The fraction of sp³-hybridized carbons (Fsp3) is 0. The summed E-state index contributed by atoms with van der Waals surface area (Å²) in [6.45, 7) is 0. The lowest BCUT2D eigenvalue weighted by Crippen LogP contribution is -2.02. The second kappa shape index (κ2) is 7.09. The molecule has 0 aliphatic heterocycles. The minimum atomic E-state index is 0.848. The maximum Gasteiger partial charge on any atom is 0.100 e. The Kier molecular flexibility index (Phi) is 4.47. The molecule has 106 valence electrons.